The van der Waals surface area contributed by atoms with E-state index < -0.39 is 0 Å². The van der Waals surface area contributed by atoms with Gasteiger partial charge in [0.1, 0.15) is 10.7 Å². The minimum absolute atomic E-state index is 0.164. The average molecular weight is 305 g/mol. The molecule has 1 aliphatic rings. The van der Waals surface area contributed by atoms with Gasteiger partial charge in [0.2, 0.25) is 0 Å². The van der Waals surface area contributed by atoms with Crippen LogP contribution in [-0.4, -0.2) is 16.1 Å². The third kappa shape index (κ3) is 2.77. The summed E-state index contributed by atoms with van der Waals surface area (Å²) in [6.45, 7) is 7.97. The summed E-state index contributed by atoms with van der Waals surface area (Å²) in [4.78, 5) is 19.8. The number of thiophene rings is 1. The fourth-order valence-electron chi connectivity index (χ4n) is 2.68. The van der Waals surface area contributed by atoms with Crippen LogP contribution >= 0.6 is 11.3 Å². The second kappa shape index (κ2) is 5.89. The monoisotopic (exact) mass is 305 g/mol. The van der Waals surface area contributed by atoms with Gasteiger partial charge in [0, 0.05) is 10.9 Å². The molecule has 2 heterocycles. The largest absolute Gasteiger partial charge is 0.310 e. The Balaban J connectivity index is 2.02. The zero-order valence-corrected chi connectivity index (χ0v) is 13.8. The number of unbranched alkanes of at least 4 members (excludes halogenated alkanes) is 1. The molecule has 3 rings (SSSR count). The highest BCUT2D eigenvalue weighted by molar-refractivity contribution is 7.18. The molecule has 4 nitrogen and oxygen atoms in total. The molecule has 0 aliphatic heterocycles. The van der Waals surface area contributed by atoms with E-state index in [1.54, 1.807) is 11.3 Å². The second-order valence-corrected chi connectivity index (χ2v) is 7.13. The van der Waals surface area contributed by atoms with E-state index in [0.717, 1.165) is 47.4 Å². The van der Waals surface area contributed by atoms with Crippen LogP contribution in [0.25, 0.3) is 10.2 Å². The lowest BCUT2D eigenvalue weighted by molar-refractivity contribution is 0.570. The van der Waals surface area contributed by atoms with Gasteiger partial charge in [0.15, 0.2) is 0 Å². The van der Waals surface area contributed by atoms with Crippen LogP contribution in [0.2, 0.25) is 0 Å². The molecular weight excluding hydrogens is 282 g/mol. The van der Waals surface area contributed by atoms with Crippen molar-refractivity contribution in [2.24, 2.45) is 0 Å². The fraction of sp³-hybridized carbons (Fsp3) is 0.625. The molecule has 1 fully saturated rings. The van der Waals surface area contributed by atoms with Crippen LogP contribution < -0.4 is 10.9 Å². The van der Waals surface area contributed by atoms with Gasteiger partial charge in [-0.25, -0.2) is 4.98 Å². The molecule has 0 amide bonds. The standard InChI is InChI=1S/C16H23N3OS/c1-4-5-8-17-9-13-18-15-14(10(2)11(3)21-15)16(20)19(13)12-6-7-12/h12,17H,4-9H2,1-3H3. The van der Waals surface area contributed by atoms with E-state index >= 15 is 0 Å². The summed E-state index contributed by atoms with van der Waals surface area (Å²) in [7, 11) is 0. The molecule has 1 aliphatic carbocycles. The van der Waals surface area contributed by atoms with Crippen LogP contribution in [0.5, 0.6) is 0 Å². The predicted molar refractivity (Wildman–Crippen MR) is 88.2 cm³/mol. The molecule has 0 aromatic carbocycles. The molecule has 0 spiro atoms. The van der Waals surface area contributed by atoms with Gasteiger partial charge in [0.05, 0.1) is 11.9 Å². The quantitative estimate of drug-likeness (QED) is 0.833. The third-order valence-electron chi connectivity index (χ3n) is 4.21. The Hall–Kier alpha value is -1.20. The third-order valence-corrected chi connectivity index (χ3v) is 5.31. The van der Waals surface area contributed by atoms with E-state index in [1.807, 2.05) is 11.5 Å². The van der Waals surface area contributed by atoms with Crippen LogP contribution in [0.15, 0.2) is 4.79 Å². The average Bonchev–Trinajstić information content (AvgIpc) is 3.23. The SMILES string of the molecule is CCCCNCc1nc2sc(C)c(C)c2c(=O)n1C1CC1. The Morgan fingerprint density at radius 1 is 1.38 bits per heavy atom. The maximum atomic E-state index is 12.9. The normalized spacial score (nSPS) is 15.0. The number of hydrogen-bond donors (Lipinski definition) is 1. The summed E-state index contributed by atoms with van der Waals surface area (Å²) >= 11 is 1.64. The summed E-state index contributed by atoms with van der Waals surface area (Å²) in [5.74, 6) is 0.910. The van der Waals surface area contributed by atoms with Gasteiger partial charge in [-0.1, -0.05) is 13.3 Å². The minimum atomic E-state index is 0.164. The summed E-state index contributed by atoms with van der Waals surface area (Å²) < 4.78 is 1.94. The van der Waals surface area contributed by atoms with Gasteiger partial charge in [-0.15, -0.1) is 11.3 Å². The van der Waals surface area contributed by atoms with Crippen molar-refractivity contribution < 1.29 is 0 Å². The summed E-state index contributed by atoms with van der Waals surface area (Å²) in [6.07, 6.45) is 4.56. The molecule has 2 aromatic heterocycles. The van der Waals surface area contributed by atoms with Gasteiger partial charge in [-0.2, -0.15) is 0 Å². The van der Waals surface area contributed by atoms with E-state index in [1.165, 1.54) is 11.3 Å². The Labute approximate surface area is 129 Å². The number of aromatic nitrogens is 2. The number of fused-ring (bicyclic) bond motifs is 1. The minimum Gasteiger partial charge on any atom is -0.310 e. The smallest absolute Gasteiger partial charge is 0.262 e. The summed E-state index contributed by atoms with van der Waals surface area (Å²) in [5, 5.41) is 4.26. The summed E-state index contributed by atoms with van der Waals surface area (Å²) in [5.41, 5.74) is 1.27. The maximum absolute atomic E-state index is 12.9. The lowest BCUT2D eigenvalue weighted by Crippen LogP contribution is -2.28. The van der Waals surface area contributed by atoms with Gasteiger partial charge >= 0.3 is 0 Å². The lowest BCUT2D eigenvalue weighted by atomic mass is 10.2. The molecule has 0 radical (unpaired) electrons. The van der Waals surface area contributed by atoms with Gasteiger partial charge < -0.3 is 5.32 Å². The molecule has 1 saturated carbocycles. The van der Waals surface area contributed by atoms with Crippen molar-refractivity contribution in [2.45, 2.75) is 59.0 Å². The van der Waals surface area contributed by atoms with Crippen molar-refractivity contribution in [3.63, 3.8) is 0 Å². The van der Waals surface area contributed by atoms with E-state index in [0.29, 0.717) is 12.6 Å². The number of hydrogen-bond acceptors (Lipinski definition) is 4. The van der Waals surface area contributed by atoms with Crippen molar-refractivity contribution in [1.29, 1.82) is 0 Å². The maximum Gasteiger partial charge on any atom is 0.262 e. The molecule has 2 aromatic rings. The van der Waals surface area contributed by atoms with Crippen molar-refractivity contribution in [2.75, 3.05) is 6.54 Å². The first kappa shape index (κ1) is 14.7. The first-order chi connectivity index (χ1) is 10.1. The van der Waals surface area contributed by atoms with E-state index in [9.17, 15) is 4.79 Å². The van der Waals surface area contributed by atoms with E-state index in [2.05, 4.69) is 19.2 Å². The molecule has 0 unspecified atom stereocenters. The van der Waals surface area contributed by atoms with Crippen molar-refractivity contribution in [3.05, 3.63) is 26.6 Å². The Morgan fingerprint density at radius 2 is 2.14 bits per heavy atom. The highest BCUT2D eigenvalue weighted by Gasteiger charge is 2.29. The number of rotatable bonds is 6. The zero-order chi connectivity index (χ0) is 15.0. The van der Waals surface area contributed by atoms with E-state index in [-0.39, 0.29) is 5.56 Å². The molecule has 5 heteroatoms. The van der Waals surface area contributed by atoms with Crippen LogP contribution in [0.4, 0.5) is 0 Å². The molecule has 114 valence electrons. The molecule has 1 N–H and O–H groups in total. The lowest BCUT2D eigenvalue weighted by Gasteiger charge is -2.12. The van der Waals surface area contributed by atoms with Gasteiger partial charge in [-0.05, 0) is 45.2 Å². The second-order valence-electron chi connectivity index (χ2n) is 5.93. The van der Waals surface area contributed by atoms with Crippen molar-refractivity contribution in [1.82, 2.24) is 14.9 Å². The van der Waals surface area contributed by atoms with Gasteiger partial charge in [0.25, 0.3) is 5.56 Å². The Bertz CT molecular complexity index is 712. The molecule has 0 bridgehead atoms. The number of nitrogens with one attached hydrogen (secondary N) is 1. The van der Waals surface area contributed by atoms with Crippen molar-refractivity contribution in [3.8, 4) is 0 Å². The van der Waals surface area contributed by atoms with Crippen LogP contribution in [0.3, 0.4) is 0 Å². The Morgan fingerprint density at radius 3 is 2.81 bits per heavy atom. The van der Waals surface area contributed by atoms with Gasteiger partial charge in [-0.3, -0.25) is 9.36 Å². The Kier molecular flexibility index (Phi) is 4.13. The summed E-state index contributed by atoms with van der Waals surface area (Å²) in [6, 6.07) is 0.372. The fourth-order valence-corrected chi connectivity index (χ4v) is 3.72. The first-order valence-electron chi connectivity index (χ1n) is 7.85. The number of aryl methyl sites for hydroxylation is 2. The van der Waals surface area contributed by atoms with Crippen molar-refractivity contribution >= 4 is 21.6 Å². The zero-order valence-electron chi connectivity index (χ0n) is 13.0. The van der Waals surface area contributed by atoms with Crippen LogP contribution in [-0.2, 0) is 6.54 Å². The predicted octanol–water partition coefficient (Wildman–Crippen LogP) is 3.30. The highest BCUT2D eigenvalue weighted by Crippen LogP contribution is 2.36. The first-order valence-corrected chi connectivity index (χ1v) is 8.67. The molecule has 0 saturated heterocycles. The van der Waals surface area contributed by atoms with Crippen LogP contribution in [0.1, 0.15) is 54.9 Å². The highest BCUT2D eigenvalue weighted by atomic mass is 32.1. The molecule has 21 heavy (non-hydrogen) atoms. The molecular formula is C16H23N3OS. The number of nitrogens with zero attached hydrogens (tertiary/aromatic N) is 2. The molecule has 0 atom stereocenters. The van der Waals surface area contributed by atoms with Crippen LogP contribution in [0, 0.1) is 13.8 Å². The topological polar surface area (TPSA) is 46.9 Å². The van der Waals surface area contributed by atoms with E-state index in [4.69, 9.17) is 4.98 Å².